The normalized spacial score (nSPS) is 9.98. The molecule has 0 atom stereocenters. The second-order valence-electron chi connectivity index (χ2n) is 9.85. The number of carbonyl (C=O) groups excluding carboxylic acids is 3. The molecule has 0 aliphatic carbocycles. The summed E-state index contributed by atoms with van der Waals surface area (Å²) in [5.41, 5.74) is 2.47. The lowest BCUT2D eigenvalue weighted by Gasteiger charge is -2.13. The van der Waals surface area contributed by atoms with Crippen LogP contribution in [0.3, 0.4) is 0 Å². The molecule has 0 fully saturated rings. The number of ether oxygens (including phenoxy) is 5. The van der Waals surface area contributed by atoms with E-state index in [4.69, 9.17) is 23.7 Å². The molecular weight excluding hydrogens is 584 g/mol. The fourth-order valence-corrected chi connectivity index (χ4v) is 4.02. The lowest BCUT2D eigenvalue weighted by atomic mass is 10.1. The van der Waals surface area contributed by atoms with Gasteiger partial charge in [0.1, 0.15) is 28.8 Å². The van der Waals surface area contributed by atoms with Crippen molar-refractivity contribution in [2.75, 3.05) is 13.2 Å². The molecule has 244 valence electrons. The maximum atomic E-state index is 12.5. The Kier molecular flexibility index (Phi) is 16.7. The summed E-state index contributed by atoms with van der Waals surface area (Å²) in [6.07, 6.45) is 6.60. The van der Waals surface area contributed by atoms with Crippen LogP contribution in [0.2, 0.25) is 0 Å². The molecule has 0 aliphatic rings. The van der Waals surface area contributed by atoms with Crippen LogP contribution in [0.5, 0.6) is 23.0 Å². The van der Waals surface area contributed by atoms with E-state index in [1.54, 1.807) is 42.5 Å². The lowest BCUT2D eigenvalue weighted by Crippen LogP contribution is -2.10. The molecule has 0 saturated carbocycles. The Morgan fingerprint density at radius 2 is 1.30 bits per heavy atom. The summed E-state index contributed by atoms with van der Waals surface area (Å²) in [6, 6.07) is 19.7. The smallest absolute Gasteiger partial charge is 0.335 e. The highest BCUT2D eigenvalue weighted by Crippen LogP contribution is 2.28. The summed E-state index contributed by atoms with van der Waals surface area (Å²) in [7, 11) is 0. The van der Waals surface area contributed by atoms with Gasteiger partial charge in [-0.2, -0.15) is 0 Å². The molecule has 0 aliphatic heterocycles. The Balaban J connectivity index is 0.00000361. The third kappa shape index (κ3) is 13.7. The summed E-state index contributed by atoms with van der Waals surface area (Å²) in [4.78, 5) is 34.7. The van der Waals surface area contributed by atoms with E-state index in [0.29, 0.717) is 42.6 Å². The number of rotatable bonds is 18. The van der Waals surface area contributed by atoms with Crippen molar-refractivity contribution in [3.63, 3.8) is 0 Å². The van der Waals surface area contributed by atoms with Crippen molar-refractivity contribution >= 4 is 23.7 Å². The zero-order valence-corrected chi connectivity index (χ0v) is 27.0. The van der Waals surface area contributed by atoms with Gasteiger partial charge < -0.3 is 23.7 Å². The fraction of sp³-hybridized carbons (Fsp3) is 0.289. The van der Waals surface area contributed by atoms with E-state index in [1.807, 2.05) is 45.0 Å². The highest BCUT2D eigenvalue weighted by Gasteiger charge is 2.11. The van der Waals surface area contributed by atoms with Crippen molar-refractivity contribution in [1.29, 1.82) is 0 Å². The van der Waals surface area contributed by atoms with Crippen molar-refractivity contribution in [2.24, 2.45) is 0 Å². The number of aryl methyl sites for hydroxylation is 2. The van der Waals surface area contributed by atoms with Gasteiger partial charge in [-0.15, -0.1) is 0 Å². The summed E-state index contributed by atoms with van der Waals surface area (Å²) < 4.78 is 27.3. The molecule has 46 heavy (non-hydrogen) atoms. The van der Waals surface area contributed by atoms with Gasteiger partial charge in [0.05, 0.1) is 13.2 Å². The van der Waals surface area contributed by atoms with Crippen LogP contribution in [0.25, 0.3) is 5.76 Å². The maximum Gasteiger partial charge on any atom is 0.335 e. The summed E-state index contributed by atoms with van der Waals surface area (Å²) >= 11 is 0. The molecule has 0 unspecified atom stereocenters. The molecule has 0 saturated heterocycles. The van der Waals surface area contributed by atoms with Gasteiger partial charge in [-0.25, -0.2) is 9.59 Å². The Morgan fingerprint density at radius 3 is 1.93 bits per heavy atom. The van der Waals surface area contributed by atoms with Gasteiger partial charge in [-0.3, -0.25) is 4.79 Å². The highest BCUT2D eigenvalue weighted by atomic mass is 16.5. The van der Waals surface area contributed by atoms with Gasteiger partial charge in [0.15, 0.2) is 0 Å². The first kappa shape index (κ1) is 37.1. The SMILES string of the molecule is C=CC(=O)OCCCCCCOc1ccc(C(=C)Oc2ccc(OC(=O)CCc3ccc(OC(=O)C=C)cc3)c(C)c2)cc1.CC. The predicted molar refractivity (Wildman–Crippen MR) is 180 cm³/mol. The summed E-state index contributed by atoms with van der Waals surface area (Å²) in [6.45, 7) is 17.6. The number of carbonyl (C=O) groups is 3. The van der Waals surface area contributed by atoms with E-state index in [9.17, 15) is 14.4 Å². The number of hydrogen-bond donors (Lipinski definition) is 0. The molecule has 0 heterocycles. The number of hydrogen-bond acceptors (Lipinski definition) is 8. The van der Waals surface area contributed by atoms with Crippen molar-refractivity contribution in [1.82, 2.24) is 0 Å². The molecule has 0 spiro atoms. The number of esters is 3. The van der Waals surface area contributed by atoms with Gasteiger partial charge in [-0.05, 0) is 105 Å². The number of benzene rings is 3. The van der Waals surface area contributed by atoms with Crippen LogP contribution in [0.1, 0.15) is 62.6 Å². The second kappa shape index (κ2) is 20.8. The van der Waals surface area contributed by atoms with Crippen molar-refractivity contribution in [2.45, 2.75) is 59.3 Å². The van der Waals surface area contributed by atoms with Gasteiger partial charge in [-0.1, -0.05) is 45.7 Å². The number of unbranched alkanes of at least 4 members (excludes halogenated alkanes) is 3. The fourth-order valence-electron chi connectivity index (χ4n) is 4.02. The molecule has 0 aromatic heterocycles. The highest BCUT2D eigenvalue weighted by molar-refractivity contribution is 5.83. The average Bonchev–Trinajstić information content (AvgIpc) is 3.07. The molecule has 3 aromatic rings. The van der Waals surface area contributed by atoms with Crippen molar-refractivity contribution < 1.29 is 38.1 Å². The van der Waals surface area contributed by atoms with E-state index in [2.05, 4.69) is 19.7 Å². The monoisotopic (exact) mass is 628 g/mol. The van der Waals surface area contributed by atoms with Crippen LogP contribution in [-0.2, 0) is 25.5 Å². The Bertz CT molecular complexity index is 1440. The standard InChI is InChI=1S/C36H38O8.C2H6/c1-5-34(37)41-24-10-8-7-9-23-40-30-18-14-29(15-19-30)27(4)42-32-20-21-33(26(3)25-32)44-36(39)22-13-28-11-16-31(17-12-28)43-35(38)6-2;1-2/h5-6,11-12,14-21,25H,1-2,4,7-10,13,22-24H2,3H3;1-2H3. The quantitative estimate of drug-likeness (QED) is 0.0456. The molecule has 0 bridgehead atoms. The third-order valence-corrected chi connectivity index (χ3v) is 6.43. The second-order valence-corrected chi connectivity index (χ2v) is 9.85. The Hall–Kier alpha value is -5.11. The van der Waals surface area contributed by atoms with Gasteiger partial charge >= 0.3 is 17.9 Å². The Labute approximate surface area is 272 Å². The van der Waals surface area contributed by atoms with Crippen LogP contribution >= 0.6 is 0 Å². The summed E-state index contributed by atoms with van der Waals surface area (Å²) in [5.74, 6) is 1.40. The third-order valence-electron chi connectivity index (χ3n) is 6.43. The van der Waals surface area contributed by atoms with E-state index >= 15 is 0 Å². The van der Waals surface area contributed by atoms with Crippen molar-refractivity contribution in [3.8, 4) is 23.0 Å². The minimum absolute atomic E-state index is 0.190. The summed E-state index contributed by atoms with van der Waals surface area (Å²) in [5, 5.41) is 0. The largest absolute Gasteiger partial charge is 0.494 e. The Morgan fingerprint density at radius 1 is 0.696 bits per heavy atom. The molecule has 3 rings (SSSR count). The van der Waals surface area contributed by atoms with E-state index in [-0.39, 0.29) is 18.4 Å². The van der Waals surface area contributed by atoms with Crippen LogP contribution < -0.4 is 18.9 Å². The molecule has 8 heteroatoms. The van der Waals surface area contributed by atoms with E-state index in [0.717, 1.165) is 54.2 Å². The zero-order valence-electron chi connectivity index (χ0n) is 27.0. The molecule has 3 aromatic carbocycles. The molecular formula is C38H44O8. The minimum atomic E-state index is -0.528. The first-order valence-corrected chi connectivity index (χ1v) is 15.4. The van der Waals surface area contributed by atoms with Crippen LogP contribution in [-0.4, -0.2) is 31.1 Å². The van der Waals surface area contributed by atoms with E-state index < -0.39 is 5.97 Å². The molecule has 8 nitrogen and oxygen atoms in total. The first-order chi connectivity index (χ1) is 22.3. The zero-order chi connectivity index (χ0) is 33.7. The molecule has 0 radical (unpaired) electrons. The molecule has 0 N–H and O–H groups in total. The van der Waals surface area contributed by atoms with Gasteiger partial charge in [0.25, 0.3) is 0 Å². The minimum Gasteiger partial charge on any atom is -0.494 e. The maximum absolute atomic E-state index is 12.5. The van der Waals surface area contributed by atoms with Crippen molar-refractivity contribution in [3.05, 3.63) is 115 Å². The van der Waals surface area contributed by atoms with E-state index in [1.165, 1.54) is 6.08 Å². The predicted octanol–water partition coefficient (Wildman–Crippen LogP) is 8.37. The topological polar surface area (TPSA) is 97.4 Å². The average molecular weight is 629 g/mol. The van der Waals surface area contributed by atoms with Gasteiger partial charge in [0, 0.05) is 24.1 Å². The molecule has 0 amide bonds. The first-order valence-electron chi connectivity index (χ1n) is 15.4. The van der Waals surface area contributed by atoms with Crippen LogP contribution in [0.4, 0.5) is 0 Å². The van der Waals surface area contributed by atoms with Gasteiger partial charge in [0.2, 0.25) is 0 Å². The lowest BCUT2D eigenvalue weighted by molar-refractivity contribution is -0.138. The van der Waals surface area contributed by atoms with Crippen LogP contribution in [0, 0.1) is 6.92 Å². The van der Waals surface area contributed by atoms with Crippen LogP contribution in [0.15, 0.2) is 98.6 Å².